The van der Waals surface area contributed by atoms with Gasteiger partial charge < -0.3 is 0 Å². The van der Waals surface area contributed by atoms with E-state index in [1.807, 2.05) is 51.1 Å². The minimum absolute atomic E-state index is 0.171. The summed E-state index contributed by atoms with van der Waals surface area (Å²) in [5.74, 6) is 0.171. The summed E-state index contributed by atoms with van der Waals surface area (Å²) < 4.78 is 0. The van der Waals surface area contributed by atoms with Crippen molar-refractivity contribution >= 4 is 17.1 Å². The molecule has 20 heavy (non-hydrogen) atoms. The molecule has 2 aromatic heterocycles. The van der Waals surface area contributed by atoms with E-state index in [1.165, 1.54) is 4.88 Å². The molecule has 3 heteroatoms. The maximum atomic E-state index is 12.4. The number of carbonyl (C=O) groups is 1. The Bertz CT molecular complexity index is 621. The lowest BCUT2D eigenvalue weighted by Gasteiger charge is -2.04. The monoisotopic (exact) mass is 285 g/mol. The van der Waals surface area contributed by atoms with E-state index < -0.39 is 0 Å². The summed E-state index contributed by atoms with van der Waals surface area (Å²) in [6, 6.07) is 9.87. The summed E-state index contributed by atoms with van der Waals surface area (Å²) in [6.45, 7) is 6.03. The molecule has 0 saturated heterocycles. The third-order valence-corrected chi connectivity index (χ3v) is 4.28. The molecule has 2 rings (SSSR count). The average molecular weight is 285 g/mol. The lowest BCUT2D eigenvalue weighted by molar-refractivity contribution is 0.103. The third-order valence-electron chi connectivity index (χ3n) is 3.20. The van der Waals surface area contributed by atoms with Crippen molar-refractivity contribution in [2.45, 2.75) is 33.6 Å². The standard InChI is InChI=1S/C17H19NOS/c1-4-15(12(2)3)17(19)16-9-8-14(20-16)11-13-7-5-6-10-18-13/h5-10H,4,11H2,1-3H3. The predicted molar refractivity (Wildman–Crippen MR) is 84.4 cm³/mol. The summed E-state index contributed by atoms with van der Waals surface area (Å²) in [6.07, 6.45) is 3.37. The van der Waals surface area contributed by atoms with E-state index in [2.05, 4.69) is 4.98 Å². The molecule has 0 aliphatic heterocycles. The molecule has 0 unspecified atom stereocenters. The Hall–Kier alpha value is -1.74. The van der Waals surface area contributed by atoms with Crippen molar-refractivity contribution in [1.82, 2.24) is 4.98 Å². The van der Waals surface area contributed by atoms with Crippen LogP contribution in [-0.4, -0.2) is 10.8 Å². The average Bonchev–Trinajstić information content (AvgIpc) is 2.88. The molecule has 0 aliphatic carbocycles. The molecule has 0 aliphatic rings. The van der Waals surface area contributed by atoms with Gasteiger partial charge in [-0.3, -0.25) is 9.78 Å². The van der Waals surface area contributed by atoms with Crippen molar-refractivity contribution in [2.75, 3.05) is 0 Å². The van der Waals surface area contributed by atoms with Gasteiger partial charge in [0.2, 0.25) is 0 Å². The van der Waals surface area contributed by atoms with Gasteiger partial charge in [0.15, 0.2) is 5.78 Å². The maximum Gasteiger partial charge on any atom is 0.198 e. The van der Waals surface area contributed by atoms with E-state index in [1.54, 1.807) is 17.5 Å². The molecule has 0 N–H and O–H groups in total. The summed E-state index contributed by atoms with van der Waals surface area (Å²) in [5, 5.41) is 0. The number of hydrogen-bond acceptors (Lipinski definition) is 3. The van der Waals surface area contributed by atoms with Gasteiger partial charge in [0.1, 0.15) is 0 Å². The van der Waals surface area contributed by atoms with Crippen LogP contribution in [0.15, 0.2) is 47.7 Å². The Kier molecular flexibility index (Phi) is 4.85. The number of carbonyl (C=O) groups excluding carboxylic acids is 1. The molecule has 2 nitrogen and oxygen atoms in total. The second-order valence-corrected chi connectivity index (χ2v) is 6.09. The van der Waals surface area contributed by atoms with E-state index >= 15 is 0 Å². The van der Waals surface area contributed by atoms with Gasteiger partial charge in [-0.05, 0) is 50.1 Å². The van der Waals surface area contributed by atoms with Crippen molar-refractivity contribution in [2.24, 2.45) is 0 Å². The van der Waals surface area contributed by atoms with Crippen molar-refractivity contribution in [3.05, 3.63) is 63.1 Å². The normalized spacial score (nSPS) is 10.3. The van der Waals surface area contributed by atoms with Gasteiger partial charge in [-0.1, -0.05) is 18.6 Å². The summed E-state index contributed by atoms with van der Waals surface area (Å²) in [5.41, 5.74) is 3.07. The molecule has 0 bridgehead atoms. The number of nitrogens with zero attached hydrogens (tertiary/aromatic N) is 1. The number of aromatic nitrogens is 1. The first-order chi connectivity index (χ1) is 9.61. The fourth-order valence-electron chi connectivity index (χ4n) is 2.17. The van der Waals surface area contributed by atoms with E-state index in [0.717, 1.165) is 34.6 Å². The number of pyridine rings is 1. The molecule has 0 saturated carbocycles. The Morgan fingerprint density at radius 3 is 2.60 bits per heavy atom. The minimum Gasteiger partial charge on any atom is -0.288 e. The number of thiophene rings is 1. The number of ketones is 1. The first-order valence-electron chi connectivity index (χ1n) is 6.81. The second-order valence-electron chi connectivity index (χ2n) is 4.93. The fourth-order valence-corrected chi connectivity index (χ4v) is 3.16. The van der Waals surface area contributed by atoms with Crippen molar-refractivity contribution < 1.29 is 4.79 Å². The number of hydrogen-bond donors (Lipinski definition) is 0. The van der Waals surface area contributed by atoms with Crippen LogP contribution >= 0.6 is 11.3 Å². The maximum absolute atomic E-state index is 12.4. The van der Waals surface area contributed by atoms with Crippen LogP contribution in [0.25, 0.3) is 0 Å². The van der Waals surface area contributed by atoms with Gasteiger partial charge in [0.25, 0.3) is 0 Å². The zero-order chi connectivity index (χ0) is 14.5. The van der Waals surface area contributed by atoms with E-state index in [-0.39, 0.29) is 5.78 Å². The topological polar surface area (TPSA) is 30.0 Å². The first-order valence-corrected chi connectivity index (χ1v) is 7.63. The van der Waals surface area contributed by atoms with Crippen molar-refractivity contribution in [3.63, 3.8) is 0 Å². The van der Waals surface area contributed by atoms with Crippen LogP contribution in [0.2, 0.25) is 0 Å². The van der Waals surface area contributed by atoms with E-state index in [0.29, 0.717) is 0 Å². The Morgan fingerprint density at radius 2 is 2.00 bits per heavy atom. The molecular weight excluding hydrogens is 266 g/mol. The molecule has 0 spiro atoms. The Morgan fingerprint density at radius 1 is 1.20 bits per heavy atom. The van der Waals surface area contributed by atoms with Gasteiger partial charge in [-0.15, -0.1) is 11.3 Å². The molecule has 104 valence electrons. The van der Waals surface area contributed by atoms with Crippen LogP contribution in [0.3, 0.4) is 0 Å². The van der Waals surface area contributed by atoms with Gasteiger partial charge in [-0.25, -0.2) is 0 Å². The van der Waals surface area contributed by atoms with E-state index in [4.69, 9.17) is 0 Å². The van der Waals surface area contributed by atoms with Crippen LogP contribution in [0.4, 0.5) is 0 Å². The fraction of sp³-hybridized carbons (Fsp3) is 0.294. The predicted octanol–water partition coefficient (Wildman–Crippen LogP) is 4.66. The second kappa shape index (κ2) is 6.62. The smallest absolute Gasteiger partial charge is 0.198 e. The molecule has 0 aromatic carbocycles. The Labute approximate surface area is 124 Å². The highest BCUT2D eigenvalue weighted by atomic mass is 32.1. The van der Waals surface area contributed by atoms with Crippen LogP contribution in [-0.2, 0) is 6.42 Å². The highest BCUT2D eigenvalue weighted by molar-refractivity contribution is 7.14. The molecule has 0 amide bonds. The lowest BCUT2D eigenvalue weighted by atomic mass is 10.0. The highest BCUT2D eigenvalue weighted by Crippen LogP contribution is 2.24. The Balaban J connectivity index is 2.17. The SMILES string of the molecule is CCC(C(=O)c1ccc(Cc2ccccn2)s1)=C(C)C. The highest BCUT2D eigenvalue weighted by Gasteiger charge is 2.14. The van der Waals surface area contributed by atoms with Gasteiger partial charge >= 0.3 is 0 Å². The first kappa shape index (κ1) is 14.7. The van der Waals surface area contributed by atoms with Crippen molar-refractivity contribution in [3.8, 4) is 0 Å². The van der Waals surface area contributed by atoms with Crippen molar-refractivity contribution in [1.29, 1.82) is 0 Å². The summed E-state index contributed by atoms with van der Waals surface area (Å²) in [7, 11) is 0. The molecule has 0 atom stereocenters. The van der Waals surface area contributed by atoms with Gasteiger partial charge in [0, 0.05) is 23.2 Å². The minimum atomic E-state index is 0.171. The largest absolute Gasteiger partial charge is 0.288 e. The molecular formula is C17H19NOS. The number of rotatable bonds is 5. The van der Waals surface area contributed by atoms with Crippen LogP contribution in [0.5, 0.6) is 0 Å². The summed E-state index contributed by atoms with van der Waals surface area (Å²) in [4.78, 5) is 18.7. The molecule has 2 heterocycles. The zero-order valence-corrected chi connectivity index (χ0v) is 13.0. The van der Waals surface area contributed by atoms with Crippen LogP contribution in [0.1, 0.15) is 47.4 Å². The molecule has 0 radical (unpaired) electrons. The van der Waals surface area contributed by atoms with E-state index in [9.17, 15) is 4.79 Å². The third kappa shape index (κ3) is 3.42. The molecule has 2 aromatic rings. The summed E-state index contributed by atoms with van der Waals surface area (Å²) >= 11 is 1.57. The number of allylic oxidation sites excluding steroid dienone is 2. The zero-order valence-electron chi connectivity index (χ0n) is 12.1. The van der Waals surface area contributed by atoms with Crippen LogP contribution < -0.4 is 0 Å². The molecule has 0 fully saturated rings. The quantitative estimate of drug-likeness (QED) is 0.590. The van der Waals surface area contributed by atoms with Crippen LogP contribution in [0, 0.1) is 0 Å². The van der Waals surface area contributed by atoms with Gasteiger partial charge in [0.05, 0.1) is 4.88 Å². The van der Waals surface area contributed by atoms with Gasteiger partial charge in [-0.2, -0.15) is 0 Å². The number of Topliss-reactive ketones (excluding diaryl/α,β-unsaturated/α-hetero) is 1. The lowest BCUT2D eigenvalue weighted by Crippen LogP contribution is -2.02.